The molecule has 0 spiro atoms. The van der Waals surface area contributed by atoms with Gasteiger partial charge in [-0.2, -0.15) is 0 Å². The van der Waals surface area contributed by atoms with Gasteiger partial charge in [-0.3, -0.25) is 0 Å². The van der Waals surface area contributed by atoms with Crippen LogP contribution < -0.4 is 0 Å². The summed E-state index contributed by atoms with van der Waals surface area (Å²) in [6.07, 6.45) is 6.51. The van der Waals surface area contributed by atoms with Crippen molar-refractivity contribution in [3.63, 3.8) is 0 Å². The van der Waals surface area contributed by atoms with Crippen LogP contribution in [0.3, 0.4) is 0 Å². The van der Waals surface area contributed by atoms with E-state index in [0.29, 0.717) is 6.04 Å². The molecule has 2 atom stereocenters. The van der Waals surface area contributed by atoms with Crippen molar-refractivity contribution < 1.29 is 0 Å². The molecule has 1 aliphatic carbocycles. The van der Waals surface area contributed by atoms with Crippen LogP contribution in [0, 0.1) is 11.8 Å². The summed E-state index contributed by atoms with van der Waals surface area (Å²) in [5.41, 5.74) is 0. The number of isothiocyanates is 1. The van der Waals surface area contributed by atoms with E-state index in [0.717, 1.165) is 11.8 Å². The van der Waals surface area contributed by atoms with Crippen molar-refractivity contribution in [3.8, 4) is 0 Å². The lowest BCUT2D eigenvalue weighted by molar-refractivity contribution is 0.213. The second kappa shape index (κ2) is 5.51. The Morgan fingerprint density at radius 1 is 1.23 bits per heavy atom. The van der Waals surface area contributed by atoms with Crippen molar-refractivity contribution in [2.24, 2.45) is 16.8 Å². The van der Waals surface area contributed by atoms with Gasteiger partial charge in [0.05, 0.1) is 11.2 Å². The number of nitrogens with zero attached hydrogens (tertiary/aromatic N) is 1. The van der Waals surface area contributed by atoms with Crippen molar-refractivity contribution in [1.29, 1.82) is 0 Å². The van der Waals surface area contributed by atoms with Gasteiger partial charge in [-0.1, -0.05) is 33.1 Å². The zero-order valence-corrected chi connectivity index (χ0v) is 9.44. The molecule has 74 valence electrons. The molecule has 1 nitrogen and oxygen atoms in total. The minimum Gasteiger partial charge on any atom is -0.229 e. The van der Waals surface area contributed by atoms with Crippen LogP contribution in [0.1, 0.15) is 46.0 Å². The number of hydrogen-bond donors (Lipinski definition) is 0. The van der Waals surface area contributed by atoms with E-state index >= 15 is 0 Å². The minimum absolute atomic E-state index is 0.473. The third-order valence-electron chi connectivity index (χ3n) is 3.37. The lowest BCUT2D eigenvalue weighted by atomic mass is 9.75. The SMILES string of the molecule is CCC1CCCC(CC)C1N=C=S. The molecule has 0 bridgehead atoms. The highest BCUT2D eigenvalue weighted by Crippen LogP contribution is 2.35. The van der Waals surface area contributed by atoms with Crippen molar-refractivity contribution in [2.75, 3.05) is 0 Å². The van der Waals surface area contributed by atoms with Gasteiger partial charge in [0, 0.05) is 0 Å². The zero-order chi connectivity index (χ0) is 9.68. The maximum Gasteiger partial charge on any atom is 0.0658 e. The Balaban J connectivity index is 2.69. The fraction of sp³-hybridized carbons (Fsp3) is 0.909. The average molecular weight is 197 g/mol. The molecule has 1 fully saturated rings. The molecule has 1 rings (SSSR count). The highest BCUT2D eigenvalue weighted by Gasteiger charge is 2.30. The summed E-state index contributed by atoms with van der Waals surface area (Å²) in [4.78, 5) is 4.35. The predicted octanol–water partition coefficient (Wildman–Crippen LogP) is 3.69. The van der Waals surface area contributed by atoms with E-state index in [2.05, 4.69) is 24.0 Å². The molecule has 13 heavy (non-hydrogen) atoms. The third kappa shape index (κ3) is 2.62. The Morgan fingerprint density at radius 2 is 1.77 bits per heavy atom. The molecule has 2 unspecified atom stereocenters. The average Bonchev–Trinajstić information content (AvgIpc) is 2.18. The molecule has 0 aliphatic heterocycles. The standard InChI is InChI=1S/C11H19NS/c1-3-9-6-5-7-10(4-2)11(9)12-8-13/h9-11H,3-7H2,1-2H3. The second-order valence-electron chi connectivity index (χ2n) is 3.98. The van der Waals surface area contributed by atoms with Crippen molar-refractivity contribution in [1.82, 2.24) is 0 Å². The number of hydrogen-bond acceptors (Lipinski definition) is 2. The van der Waals surface area contributed by atoms with Gasteiger partial charge >= 0.3 is 0 Å². The summed E-state index contributed by atoms with van der Waals surface area (Å²) in [5.74, 6) is 1.52. The van der Waals surface area contributed by atoms with E-state index in [-0.39, 0.29) is 0 Å². The summed E-state index contributed by atoms with van der Waals surface area (Å²) in [5, 5.41) is 2.57. The number of thiocarbonyl (C=S) groups is 1. The Morgan fingerprint density at radius 3 is 2.15 bits per heavy atom. The minimum atomic E-state index is 0.473. The highest BCUT2D eigenvalue weighted by molar-refractivity contribution is 7.78. The maximum absolute atomic E-state index is 4.72. The van der Waals surface area contributed by atoms with Crippen LogP contribution in [-0.2, 0) is 0 Å². The van der Waals surface area contributed by atoms with Gasteiger partial charge in [0.2, 0.25) is 0 Å². The molecule has 0 N–H and O–H groups in total. The van der Waals surface area contributed by atoms with Crippen LogP contribution in [0.5, 0.6) is 0 Å². The molecule has 2 heteroatoms. The Bertz CT molecular complexity index is 184. The van der Waals surface area contributed by atoms with Crippen molar-refractivity contribution >= 4 is 17.4 Å². The van der Waals surface area contributed by atoms with Crippen molar-refractivity contribution in [2.45, 2.75) is 52.0 Å². The van der Waals surface area contributed by atoms with Crippen LogP contribution in [0.25, 0.3) is 0 Å². The smallest absolute Gasteiger partial charge is 0.0658 e. The topological polar surface area (TPSA) is 12.4 Å². The first kappa shape index (κ1) is 10.9. The molecule has 0 radical (unpaired) electrons. The second-order valence-corrected chi connectivity index (χ2v) is 4.16. The normalized spacial score (nSPS) is 33.8. The van der Waals surface area contributed by atoms with Crippen molar-refractivity contribution in [3.05, 3.63) is 0 Å². The van der Waals surface area contributed by atoms with E-state index in [9.17, 15) is 0 Å². The van der Waals surface area contributed by atoms with Crippen LogP contribution in [-0.4, -0.2) is 11.2 Å². The molecule has 0 saturated heterocycles. The third-order valence-corrected chi connectivity index (χ3v) is 3.47. The molecule has 0 aromatic heterocycles. The molecule has 0 heterocycles. The van der Waals surface area contributed by atoms with Gasteiger partial charge in [0.15, 0.2) is 0 Å². The van der Waals surface area contributed by atoms with E-state index < -0.39 is 0 Å². The first-order valence-electron chi connectivity index (χ1n) is 5.40. The van der Waals surface area contributed by atoms with Gasteiger partial charge in [0.25, 0.3) is 0 Å². The largest absolute Gasteiger partial charge is 0.229 e. The summed E-state index contributed by atoms with van der Waals surface area (Å²) in [6.45, 7) is 4.52. The lowest BCUT2D eigenvalue weighted by Crippen LogP contribution is -2.31. The summed E-state index contributed by atoms with van der Waals surface area (Å²) in [6, 6.07) is 0.473. The molecule has 0 aromatic rings. The quantitative estimate of drug-likeness (QED) is 0.496. The zero-order valence-electron chi connectivity index (χ0n) is 8.62. The fourth-order valence-electron chi connectivity index (χ4n) is 2.53. The molecule has 1 saturated carbocycles. The van der Waals surface area contributed by atoms with E-state index in [4.69, 9.17) is 12.2 Å². The summed E-state index contributed by atoms with van der Waals surface area (Å²) < 4.78 is 0. The Kier molecular flexibility index (Phi) is 4.61. The fourth-order valence-corrected chi connectivity index (χ4v) is 2.65. The van der Waals surface area contributed by atoms with Gasteiger partial charge < -0.3 is 0 Å². The molecule has 1 aliphatic rings. The summed E-state index contributed by atoms with van der Waals surface area (Å²) >= 11 is 4.72. The lowest BCUT2D eigenvalue weighted by Gasteiger charge is -2.34. The molecular weight excluding hydrogens is 178 g/mol. The van der Waals surface area contributed by atoms with Gasteiger partial charge in [-0.25, -0.2) is 4.99 Å². The maximum atomic E-state index is 4.72. The monoisotopic (exact) mass is 197 g/mol. The van der Waals surface area contributed by atoms with Gasteiger partial charge in [0.1, 0.15) is 0 Å². The van der Waals surface area contributed by atoms with E-state index in [1.165, 1.54) is 32.1 Å². The first-order chi connectivity index (χ1) is 6.33. The van der Waals surface area contributed by atoms with E-state index in [1.54, 1.807) is 0 Å². The first-order valence-corrected chi connectivity index (χ1v) is 5.81. The van der Waals surface area contributed by atoms with Crippen LogP contribution in [0.4, 0.5) is 0 Å². The van der Waals surface area contributed by atoms with E-state index in [1.807, 2.05) is 0 Å². The van der Waals surface area contributed by atoms with Crippen LogP contribution >= 0.6 is 12.2 Å². The Labute approximate surface area is 86.6 Å². The van der Waals surface area contributed by atoms with Gasteiger partial charge in [-0.15, -0.1) is 0 Å². The molecule has 0 amide bonds. The van der Waals surface area contributed by atoms with Crippen LogP contribution in [0.2, 0.25) is 0 Å². The van der Waals surface area contributed by atoms with Gasteiger partial charge in [-0.05, 0) is 36.9 Å². The van der Waals surface area contributed by atoms with Crippen LogP contribution in [0.15, 0.2) is 4.99 Å². The number of aliphatic imine (C=N–C) groups is 1. The Hall–Kier alpha value is -0.200. The predicted molar refractivity (Wildman–Crippen MR) is 60.2 cm³/mol. The molecular formula is C11H19NS. The summed E-state index contributed by atoms with van der Waals surface area (Å²) in [7, 11) is 0. The number of rotatable bonds is 3. The molecule has 0 aromatic carbocycles. The highest BCUT2D eigenvalue weighted by atomic mass is 32.1.